The monoisotopic (exact) mass is 582 g/mol. The maximum atomic E-state index is 13.3. The first-order chi connectivity index (χ1) is 20.8. The lowest BCUT2D eigenvalue weighted by atomic mass is 9.79. The van der Waals surface area contributed by atoms with Crippen LogP contribution in [0.2, 0.25) is 0 Å². The van der Waals surface area contributed by atoms with Gasteiger partial charge in [-0.3, -0.25) is 9.69 Å². The SMILES string of the molecule is C=CCn1c(=O)c2cnc(Nc3ccc(N4CC5(C4)OCCN4CCCCC45)cc3)nc2n1-c1cccc(C(C)(C)O)n1. The number of aliphatic hydroxyl groups is 1. The van der Waals surface area contributed by atoms with E-state index in [2.05, 4.69) is 43.8 Å². The Bertz CT molecular complexity index is 1710. The van der Waals surface area contributed by atoms with E-state index in [4.69, 9.17) is 9.72 Å². The number of nitrogens with zero attached hydrogens (tertiary/aromatic N) is 7. The lowest BCUT2D eigenvalue weighted by molar-refractivity contribution is -0.169. The summed E-state index contributed by atoms with van der Waals surface area (Å²) in [5, 5.41) is 14.2. The maximum Gasteiger partial charge on any atom is 0.278 e. The Balaban J connectivity index is 1.13. The van der Waals surface area contributed by atoms with Gasteiger partial charge in [0.15, 0.2) is 11.5 Å². The number of hydrogen-bond donors (Lipinski definition) is 2. The Kier molecular flexibility index (Phi) is 6.83. The molecule has 7 rings (SSSR count). The molecule has 0 bridgehead atoms. The number of pyridine rings is 1. The third-order valence-electron chi connectivity index (χ3n) is 8.95. The standard InChI is InChI=1S/C32H38N8O3/c1-4-15-39-29(41)24-19-33-30(36-28(24)40(39)27-10-7-8-25(35-27)31(2,3)42)34-22-11-13-23(14-12-22)38-20-32(21-38)26-9-5-6-16-37(26)17-18-43-32/h4,7-8,10-14,19,26,42H,1,5-6,9,15-18,20-21H2,2-3H3,(H,33,34,36). The number of aromatic nitrogens is 5. The van der Waals surface area contributed by atoms with Crippen molar-refractivity contribution in [3.63, 3.8) is 0 Å². The molecule has 1 aromatic carbocycles. The van der Waals surface area contributed by atoms with Gasteiger partial charge in [0.1, 0.15) is 16.6 Å². The molecule has 3 aliphatic rings. The molecule has 3 fully saturated rings. The molecule has 0 amide bonds. The summed E-state index contributed by atoms with van der Waals surface area (Å²) in [7, 11) is 0. The number of morpholine rings is 1. The Morgan fingerprint density at radius 1 is 1.14 bits per heavy atom. The molecule has 43 heavy (non-hydrogen) atoms. The highest BCUT2D eigenvalue weighted by Gasteiger charge is 2.54. The zero-order valence-corrected chi connectivity index (χ0v) is 24.7. The second-order valence-electron chi connectivity index (χ2n) is 12.3. The summed E-state index contributed by atoms with van der Waals surface area (Å²) in [4.78, 5) is 32.1. The number of nitrogens with one attached hydrogen (secondary N) is 1. The molecule has 0 radical (unpaired) electrons. The summed E-state index contributed by atoms with van der Waals surface area (Å²) in [6.07, 6.45) is 7.00. The molecule has 1 atom stereocenters. The van der Waals surface area contributed by atoms with Gasteiger partial charge in [-0.15, -0.1) is 6.58 Å². The molecule has 3 saturated heterocycles. The van der Waals surface area contributed by atoms with Crippen LogP contribution in [0.25, 0.3) is 16.9 Å². The lowest BCUT2D eigenvalue weighted by Gasteiger charge is -2.60. The minimum Gasteiger partial charge on any atom is -0.384 e. The Labute approximate surface area is 250 Å². The second kappa shape index (κ2) is 10.6. The third-order valence-corrected chi connectivity index (χ3v) is 8.95. The van der Waals surface area contributed by atoms with Crippen LogP contribution in [-0.4, -0.2) is 78.8 Å². The van der Waals surface area contributed by atoms with E-state index in [1.807, 2.05) is 12.1 Å². The minimum absolute atomic E-state index is 0.0437. The van der Waals surface area contributed by atoms with Crippen LogP contribution in [0.4, 0.5) is 17.3 Å². The van der Waals surface area contributed by atoms with Crippen molar-refractivity contribution < 1.29 is 9.84 Å². The highest BCUT2D eigenvalue weighted by atomic mass is 16.5. The number of anilines is 3. The fourth-order valence-electron chi connectivity index (χ4n) is 6.78. The molecule has 4 aromatic rings. The normalized spacial score (nSPS) is 20.2. The topological polar surface area (TPSA) is 114 Å². The third kappa shape index (κ3) is 4.91. The maximum absolute atomic E-state index is 13.3. The molecule has 1 spiro atoms. The first kappa shape index (κ1) is 27.8. The number of ether oxygens (including phenoxy) is 1. The van der Waals surface area contributed by atoms with Crippen LogP contribution in [-0.2, 0) is 16.9 Å². The van der Waals surface area contributed by atoms with Gasteiger partial charge in [-0.2, -0.15) is 4.98 Å². The highest BCUT2D eigenvalue weighted by Crippen LogP contribution is 2.41. The Hall–Kier alpha value is -4.06. The van der Waals surface area contributed by atoms with Crippen molar-refractivity contribution >= 4 is 28.4 Å². The van der Waals surface area contributed by atoms with Crippen LogP contribution in [0.3, 0.4) is 0 Å². The molecule has 0 aliphatic carbocycles. The molecule has 11 nitrogen and oxygen atoms in total. The van der Waals surface area contributed by atoms with E-state index in [-0.39, 0.29) is 17.7 Å². The van der Waals surface area contributed by atoms with Crippen LogP contribution < -0.4 is 15.8 Å². The van der Waals surface area contributed by atoms with Gasteiger partial charge in [0.25, 0.3) is 5.56 Å². The molecular weight excluding hydrogens is 544 g/mol. The summed E-state index contributed by atoms with van der Waals surface area (Å²) < 4.78 is 9.57. The van der Waals surface area contributed by atoms with Gasteiger partial charge in [0, 0.05) is 30.2 Å². The van der Waals surface area contributed by atoms with Crippen molar-refractivity contribution in [1.29, 1.82) is 0 Å². The van der Waals surface area contributed by atoms with Gasteiger partial charge in [-0.05, 0) is 69.6 Å². The van der Waals surface area contributed by atoms with Gasteiger partial charge in [0.05, 0.1) is 31.9 Å². The van der Waals surface area contributed by atoms with Gasteiger partial charge >= 0.3 is 0 Å². The van der Waals surface area contributed by atoms with Gasteiger partial charge in [-0.25, -0.2) is 19.3 Å². The first-order valence-electron chi connectivity index (χ1n) is 15.1. The van der Waals surface area contributed by atoms with E-state index in [1.54, 1.807) is 42.8 Å². The molecule has 224 valence electrons. The number of benzene rings is 1. The average molecular weight is 583 g/mol. The Morgan fingerprint density at radius 2 is 1.95 bits per heavy atom. The van der Waals surface area contributed by atoms with E-state index < -0.39 is 5.60 Å². The zero-order valence-electron chi connectivity index (χ0n) is 24.7. The molecule has 1 unspecified atom stereocenters. The fraction of sp³-hybridized carbons (Fsp3) is 0.438. The number of fused-ring (bicyclic) bond motifs is 3. The molecule has 3 aromatic heterocycles. The summed E-state index contributed by atoms with van der Waals surface area (Å²) in [5.41, 5.74) is 1.47. The average Bonchev–Trinajstić information content (AvgIpc) is 3.26. The van der Waals surface area contributed by atoms with Crippen LogP contribution in [0, 0.1) is 0 Å². The number of allylic oxidation sites excluding steroid dienone is 1. The van der Waals surface area contributed by atoms with E-state index in [0.29, 0.717) is 34.5 Å². The van der Waals surface area contributed by atoms with E-state index >= 15 is 0 Å². The fourth-order valence-corrected chi connectivity index (χ4v) is 6.78. The Morgan fingerprint density at radius 3 is 2.72 bits per heavy atom. The van der Waals surface area contributed by atoms with Crippen LogP contribution >= 0.6 is 0 Å². The number of rotatable bonds is 7. The predicted molar refractivity (Wildman–Crippen MR) is 166 cm³/mol. The zero-order chi connectivity index (χ0) is 29.8. The summed E-state index contributed by atoms with van der Waals surface area (Å²) in [5.74, 6) is 0.826. The van der Waals surface area contributed by atoms with E-state index in [9.17, 15) is 9.90 Å². The second-order valence-corrected chi connectivity index (χ2v) is 12.3. The van der Waals surface area contributed by atoms with Crippen molar-refractivity contribution in [1.82, 2.24) is 29.2 Å². The van der Waals surface area contributed by atoms with Crippen molar-refractivity contribution in [2.75, 3.05) is 43.0 Å². The summed E-state index contributed by atoms with van der Waals surface area (Å²) in [6.45, 7) is 12.3. The lowest BCUT2D eigenvalue weighted by Crippen LogP contribution is -2.75. The largest absolute Gasteiger partial charge is 0.384 e. The van der Waals surface area contributed by atoms with Gasteiger partial charge in [-0.1, -0.05) is 18.6 Å². The summed E-state index contributed by atoms with van der Waals surface area (Å²) >= 11 is 0. The van der Waals surface area contributed by atoms with Crippen LogP contribution in [0.5, 0.6) is 0 Å². The minimum atomic E-state index is -1.15. The van der Waals surface area contributed by atoms with E-state index in [0.717, 1.165) is 37.6 Å². The molecule has 6 heterocycles. The van der Waals surface area contributed by atoms with Crippen molar-refractivity contribution in [3.05, 3.63) is 77.4 Å². The smallest absolute Gasteiger partial charge is 0.278 e. The van der Waals surface area contributed by atoms with Crippen molar-refractivity contribution in [3.8, 4) is 5.82 Å². The molecule has 2 N–H and O–H groups in total. The van der Waals surface area contributed by atoms with Gasteiger partial charge in [0.2, 0.25) is 5.95 Å². The highest BCUT2D eigenvalue weighted by molar-refractivity contribution is 5.77. The van der Waals surface area contributed by atoms with Gasteiger partial charge < -0.3 is 20.1 Å². The van der Waals surface area contributed by atoms with Crippen molar-refractivity contribution in [2.45, 2.75) is 56.9 Å². The van der Waals surface area contributed by atoms with Crippen LogP contribution in [0.15, 0.2) is 66.1 Å². The van der Waals surface area contributed by atoms with Crippen molar-refractivity contribution in [2.24, 2.45) is 0 Å². The molecule has 11 heteroatoms. The number of hydrogen-bond acceptors (Lipinski definition) is 9. The first-order valence-corrected chi connectivity index (χ1v) is 15.1. The molecular formula is C32H38N8O3. The predicted octanol–water partition coefficient (Wildman–Crippen LogP) is 3.58. The summed E-state index contributed by atoms with van der Waals surface area (Å²) in [6, 6.07) is 14.1. The quantitative estimate of drug-likeness (QED) is 0.316. The molecule has 0 saturated carbocycles. The van der Waals surface area contributed by atoms with Crippen LogP contribution in [0.1, 0.15) is 38.8 Å². The van der Waals surface area contributed by atoms with E-state index in [1.165, 1.54) is 36.7 Å². The molecule has 3 aliphatic heterocycles. The number of piperidine rings is 1.